The number of hydrogen-bond donors (Lipinski definition) is 3. The first kappa shape index (κ1) is 20.8. The normalized spacial score (nSPS) is 12.2. The summed E-state index contributed by atoms with van der Waals surface area (Å²) in [5, 5.41) is 5.32. The number of carbonyl (C=O) groups is 2. The van der Waals surface area contributed by atoms with Gasteiger partial charge < -0.3 is 25.8 Å². The Hall–Kier alpha value is -2.28. The third-order valence-corrected chi connectivity index (χ3v) is 3.13. The van der Waals surface area contributed by atoms with Gasteiger partial charge in [-0.05, 0) is 45.4 Å². The molecule has 1 aromatic rings. The Morgan fingerprint density at radius 1 is 1.20 bits per heavy atom. The molecule has 7 heteroatoms. The average Bonchev–Trinajstić information content (AvgIpc) is 2.52. The van der Waals surface area contributed by atoms with Gasteiger partial charge in [-0.1, -0.05) is 12.1 Å². The minimum Gasteiger partial charge on any atom is -0.494 e. The quantitative estimate of drug-likeness (QED) is 0.660. The lowest BCUT2D eigenvalue weighted by atomic mass is 10.1. The predicted octanol–water partition coefficient (Wildman–Crippen LogP) is 1.60. The molecule has 140 valence electrons. The van der Waals surface area contributed by atoms with E-state index in [1.807, 2.05) is 31.2 Å². The van der Waals surface area contributed by atoms with Gasteiger partial charge in [0, 0.05) is 19.5 Å². The van der Waals surface area contributed by atoms with Crippen LogP contribution in [-0.2, 0) is 16.0 Å². The summed E-state index contributed by atoms with van der Waals surface area (Å²) in [7, 11) is 0. The molecule has 0 aromatic heterocycles. The van der Waals surface area contributed by atoms with Gasteiger partial charge >= 0.3 is 6.09 Å². The zero-order valence-electron chi connectivity index (χ0n) is 15.4. The summed E-state index contributed by atoms with van der Waals surface area (Å²) in [5.41, 5.74) is 5.68. The molecule has 0 fully saturated rings. The number of amides is 2. The third-order valence-electron chi connectivity index (χ3n) is 3.13. The van der Waals surface area contributed by atoms with Crippen molar-refractivity contribution in [3.63, 3.8) is 0 Å². The molecule has 0 heterocycles. The smallest absolute Gasteiger partial charge is 0.408 e. The maximum atomic E-state index is 12.3. The van der Waals surface area contributed by atoms with E-state index in [-0.39, 0.29) is 5.91 Å². The van der Waals surface area contributed by atoms with Crippen molar-refractivity contribution in [2.75, 3.05) is 19.7 Å². The van der Waals surface area contributed by atoms with E-state index >= 15 is 0 Å². The predicted molar refractivity (Wildman–Crippen MR) is 96.5 cm³/mol. The summed E-state index contributed by atoms with van der Waals surface area (Å²) in [6.45, 7) is 8.47. The molecule has 7 nitrogen and oxygen atoms in total. The summed E-state index contributed by atoms with van der Waals surface area (Å²) in [5.74, 6) is 0.459. The Balaban J connectivity index is 2.79. The van der Waals surface area contributed by atoms with Gasteiger partial charge in [0.2, 0.25) is 5.91 Å². The number of nitrogens with two attached hydrogens (primary N) is 1. The van der Waals surface area contributed by atoms with E-state index in [2.05, 4.69) is 10.6 Å². The van der Waals surface area contributed by atoms with Crippen molar-refractivity contribution in [2.45, 2.75) is 45.8 Å². The number of hydrogen-bond acceptors (Lipinski definition) is 5. The zero-order valence-corrected chi connectivity index (χ0v) is 15.4. The fourth-order valence-electron chi connectivity index (χ4n) is 2.10. The van der Waals surface area contributed by atoms with E-state index in [0.717, 1.165) is 11.3 Å². The lowest BCUT2D eigenvalue weighted by Crippen LogP contribution is -2.50. The maximum Gasteiger partial charge on any atom is 0.408 e. The first-order valence-corrected chi connectivity index (χ1v) is 8.44. The lowest BCUT2D eigenvalue weighted by Gasteiger charge is -2.23. The van der Waals surface area contributed by atoms with Crippen LogP contribution in [0.1, 0.15) is 33.3 Å². The molecule has 1 aromatic carbocycles. The lowest BCUT2D eigenvalue weighted by molar-refractivity contribution is -0.123. The van der Waals surface area contributed by atoms with Crippen LogP contribution in [0.25, 0.3) is 0 Å². The molecule has 0 saturated carbocycles. The van der Waals surface area contributed by atoms with Crippen LogP contribution in [-0.4, -0.2) is 43.3 Å². The zero-order chi connectivity index (χ0) is 18.9. The molecule has 25 heavy (non-hydrogen) atoms. The highest BCUT2D eigenvalue weighted by Crippen LogP contribution is 2.14. The van der Waals surface area contributed by atoms with Crippen LogP contribution < -0.4 is 21.1 Å². The van der Waals surface area contributed by atoms with Gasteiger partial charge in [0.15, 0.2) is 0 Å². The second kappa shape index (κ2) is 9.88. The van der Waals surface area contributed by atoms with Gasteiger partial charge in [-0.2, -0.15) is 0 Å². The molecule has 0 bridgehead atoms. The van der Waals surface area contributed by atoms with Crippen molar-refractivity contribution >= 4 is 12.0 Å². The highest BCUT2D eigenvalue weighted by Gasteiger charge is 2.24. The summed E-state index contributed by atoms with van der Waals surface area (Å²) in [4.78, 5) is 24.3. The summed E-state index contributed by atoms with van der Waals surface area (Å²) < 4.78 is 10.6. The molecular formula is C18H29N3O4. The highest BCUT2D eigenvalue weighted by molar-refractivity contribution is 5.86. The van der Waals surface area contributed by atoms with Crippen molar-refractivity contribution in [1.82, 2.24) is 10.6 Å². The van der Waals surface area contributed by atoms with Crippen molar-refractivity contribution in [3.05, 3.63) is 29.8 Å². The van der Waals surface area contributed by atoms with Gasteiger partial charge in [-0.15, -0.1) is 0 Å². The van der Waals surface area contributed by atoms with Gasteiger partial charge in [0.05, 0.1) is 6.61 Å². The minimum absolute atomic E-state index is 0.301. The Bertz CT molecular complexity index is 552. The van der Waals surface area contributed by atoms with Crippen LogP contribution >= 0.6 is 0 Å². The molecule has 0 radical (unpaired) electrons. The topological polar surface area (TPSA) is 103 Å². The van der Waals surface area contributed by atoms with Crippen molar-refractivity contribution in [3.8, 4) is 5.75 Å². The largest absolute Gasteiger partial charge is 0.494 e. The molecule has 0 aliphatic heterocycles. The van der Waals surface area contributed by atoms with E-state index < -0.39 is 17.7 Å². The Kier molecular flexibility index (Phi) is 8.21. The molecule has 0 aliphatic rings. The molecule has 0 unspecified atom stereocenters. The van der Waals surface area contributed by atoms with Gasteiger partial charge in [0.1, 0.15) is 17.4 Å². The van der Waals surface area contributed by atoms with Gasteiger partial charge in [-0.3, -0.25) is 4.79 Å². The highest BCUT2D eigenvalue weighted by atomic mass is 16.6. The van der Waals surface area contributed by atoms with Gasteiger partial charge in [0.25, 0.3) is 0 Å². The molecule has 0 saturated heterocycles. The summed E-state index contributed by atoms with van der Waals surface area (Å²) in [6, 6.07) is 6.65. The SMILES string of the molecule is CCOc1ccc(C[C@@H](NC(=O)OC(C)(C)C)C(=O)NCCN)cc1. The average molecular weight is 351 g/mol. The van der Waals surface area contributed by atoms with Crippen LogP contribution in [0.5, 0.6) is 5.75 Å². The maximum absolute atomic E-state index is 12.3. The molecule has 2 amide bonds. The first-order valence-electron chi connectivity index (χ1n) is 8.44. The number of alkyl carbamates (subject to hydrolysis) is 1. The van der Waals surface area contributed by atoms with Crippen molar-refractivity contribution in [2.24, 2.45) is 5.73 Å². The second-order valence-electron chi connectivity index (χ2n) is 6.56. The fourth-order valence-corrected chi connectivity index (χ4v) is 2.10. The van der Waals surface area contributed by atoms with Crippen LogP contribution in [0.3, 0.4) is 0 Å². The molecule has 1 rings (SSSR count). The van der Waals surface area contributed by atoms with Crippen molar-refractivity contribution < 1.29 is 19.1 Å². The molecule has 0 spiro atoms. The minimum atomic E-state index is -0.751. The number of nitrogens with one attached hydrogen (secondary N) is 2. The fraction of sp³-hybridized carbons (Fsp3) is 0.556. The van der Waals surface area contributed by atoms with Crippen LogP contribution in [0, 0.1) is 0 Å². The molecular weight excluding hydrogens is 322 g/mol. The van der Waals surface area contributed by atoms with E-state index in [1.54, 1.807) is 20.8 Å². The van der Waals surface area contributed by atoms with E-state index in [0.29, 0.717) is 26.1 Å². The standard InChI is InChI=1S/C18H29N3O4/c1-5-24-14-8-6-13(7-9-14)12-15(16(22)20-11-10-19)21-17(23)25-18(2,3)4/h6-9,15H,5,10-12,19H2,1-4H3,(H,20,22)(H,21,23)/t15-/m1/s1. The Morgan fingerprint density at radius 2 is 1.84 bits per heavy atom. The van der Waals surface area contributed by atoms with Crippen LogP contribution in [0.4, 0.5) is 4.79 Å². The summed E-state index contributed by atoms with van der Waals surface area (Å²) in [6.07, 6.45) is -0.298. The second-order valence-corrected chi connectivity index (χ2v) is 6.56. The monoisotopic (exact) mass is 351 g/mol. The molecule has 0 aliphatic carbocycles. The van der Waals surface area contributed by atoms with Crippen LogP contribution in [0.2, 0.25) is 0 Å². The molecule has 1 atom stereocenters. The van der Waals surface area contributed by atoms with E-state index in [9.17, 15) is 9.59 Å². The number of ether oxygens (including phenoxy) is 2. The van der Waals surface area contributed by atoms with E-state index in [4.69, 9.17) is 15.2 Å². The Morgan fingerprint density at radius 3 is 2.36 bits per heavy atom. The summed E-state index contributed by atoms with van der Waals surface area (Å²) >= 11 is 0. The van der Waals surface area contributed by atoms with Crippen molar-refractivity contribution in [1.29, 1.82) is 0 Å². The van der Waals surface area contributed by atoms with Crippen LogP contribution in [0.15, 0.2) is 24.3 Å². The first-order chi connectivity index (χ1) is 11.7. The Labute approximate surface area is 149 Å². The number of benzene rings is 1. The third kappa shape index (κ3) is 8.39. The van der Waals surface area contributed by atoms with Gasteiger partial charge in [-0.25, -0.2) is 4.79 Å². The molecule has 4 N–H and O–H groups in total. The van der Waals surface area contributed by atoms with E-state index in [1.165, 1.54) is 0 Å². The number of rotatable bonds is 8. The number of carbonyl (C=O) groups excluding carboxylic acids is 2.